The number of ether oxygens (including phenoxy) is 1. The van der Waals surface area contributed by atoms with E-state index in [0.29, 0.717) is 0 Å². The van der Waals surface area contributed by atoms with Crippen LogP contribution in [0.4, 0.5) is 13.2 Å². The van der Waals surface area contributed by atoms with Crippen molar-refractivity contribution in [1.82, 2.24) is 0 Å². The summed E-state index contributed by atoms with van der Waals surface area (Å²) >= 11 is 0. The summed E-state index contributed by atoms with van der Waals surface area (Å²) in [5.74, 6) is -1.39. The molecule has 1 unspecified atom stereocenters. The summed E-state index contributed by atoms with van der Waals surface area (Å²) in [5.41, 5.74) is -0.500. The predicted octanol–water partition coefficient (Wildman–Crippen LogP) is 3.00. The lowest BCUT2D eigenvalue weighted by Crippen LogP contribution is -2.29. The van der Waals surface area contributed by atoms with Gasteiger partial charge >= 0.3 is 6.18 Å². The Morgan fingerprint density at radius 1 is 1.17 bits per heavy atom. The van der Waals surface area contributed by atoms with E-state index >= 15 is 0 Å². The van der Waals surface area contributed by atoms with E-state index in [0.717, 1.165) is 6.92 Å². The normalized spacial score (nSPS) is 16.2. The van der Waals surface area contributed by atoms with Crippen LogP contribution < -0.4 is 0 Å². The van der Waals surface area contributed by atoms with Crippen LogP contribution in [0.25, 0.3) is 0 Å². The summed E-state index contributed by atoms with van der Waals surface area (Å²) in [6.07, 6.45) is -4.15. The van der Waals surface area contributed by atoms with Crippen LogP contribution in [0, 0.1) is 5.92 Å². The van der Waals surface area contributed by atoms with Gasteiger partial charge in [0.2, 0.25) is 0 Å². The molecule has 0 radical (unpaired) electrons. The Morgan fingerprint density at radius 3 is 1.83 bits per heavy atom. The van der Waals surface area contributed by atoms with Crippen LogP contribution in [0.5, 0.6) is 0 Å². The zero-order valence-corrected chi connectivity index (χ0v) is 7.83. The van der Waals surface area contributed by atoms with E-state index in [1.807, 2.05) is 0 Å². The second-order valence-corrected chi connectivity index (χ2v) is 3.87. The highest BCUT2D eigenvalue weighted by Gasteiger charge is 2.36. The molecule has 4 heteroatoms. The van der Waals surface area contributed by atoms with Crippen LogP contribution in [-0.4, -0.2) is 18.4 Å². The lowest BCUT2D eigenvalue weighted by Gasteiger charge is -2.23. The van der Waals surface area contributed by atoms with Crippen molar-refractivity contribution in [3.8, 4) is 0 Å². The molecule has 12 heavy (non-hydrogen) atoms. The van der Waals surface area contributed by atoms with Gasteiger partial charge < -0.3 is 4.74 Å². The van der Waals surface area contributed by atoms with Crippen LogP contribution in [0.15, 0.2) is 0 Å². The first-order valence-electron chi connectivity index (χ1n) is 3.83. The van der Waals surface area contributed by atoms with Crippen molar-refractivity contribution in [2.45, 2.75) is 39.5 Å². The molecule has 0 saturated carbocycles. The van der Waals surface area contributed by atoms with E-state index in [1.54, 1.807) is 20.8 Å². The number of halogens is 3. The maximum Gasteiger partial charge on any atom is 0.393 e. The Morgan fingerprint density at radius 2 is 1.58 bits per heavy atom. The zero-order chi connectivity index (χ0) is 9.99. The van der Waals surface area contributed by atoms with Crippen molar-refractivity contribution in [3.63, 3.8) is 0 Å². The van der Waals surface area contributed by atoms with Crippen molar-refractivity contribution >= 4 is 0 Å². The SMILES string of the molecule is CC(COC(C)(C)C)C(F)(F)F. The average molecular weight is 184 g/mol. The third-order valence-corrected chi connectivity index (χ3v) is 1.33. The van der Waals surface area contributed by atoms with Crippen LogP contribution in [0.1, 0.15) is 27.7 Å². The third kappa shape index (κ3) is 5.41. The summed E-state index contributed by atoms with van der Waals surface area (Å²) in [6.45, 7) is 6.04. The molecule has 0 aromatic rings. The Hall–Kier alpha value is -0.250. The second-order valence-electron chi connectivity index (χ2n) is 3.87. The number of hydrogen-bond donors (Lipinski definition) is 0. The van der Waals surface area contributed by atoms with Gasteiger partial charge in [0.1, 0.15) is 0 Å². The van der Waals surface area contributed by atoms with E-state index in [-0.39, 0.29) is 6.61 Å². The maximum atomic E-state index is 11.9. The van der Waals surface area contributed by atoms with Crippen molar-refractivity contribution < 1.29 is 17.9 Å². The summed E-state index contributed by atoms with van der Waals surface area (Å²) < 4.78 is 40.8. The molecule has 0 spiro atoms. The molecular weight excluding hydrogens is 169 g/mol. The van der Waals surface area contributed by atoms with Crippen molar-refractivity contribution in [3.05, 3.63) is 0 Å². The van der Waals surface area contributed by atoms with Gasteiger partial charge in [-0.25, -0.2) is 0 Å². The van der Waals surface area contributed by atoms with Crippen molar-refractivity contribution in [2.75, 3.05) is 6.61 Å². The fourth-order valence-corrected chi connectivity index (χ4v) is 0.469. The molecule has 0 bridgehead atoms. The second kappa shape index (κ2) is 3.64. The molecule has 0 aliphatic rings. The molecule has 1 nitrogen and oxygen atoms in total. The quantitative estimate of drug-likeness (QED) is 0.641. The van der Waals surface area contributed by atoms with Gasteiger partial charge in [-0.2, -0.15) is 13.2 Å². The zero-order valence-electron chi connectivity index (χ0n) is 7.83. The monoisotopic (exact) mass is 184 g/mol. The predicted molar refractivity (Wildman–Crippen MR) is 40.9 cm³/mol. The first-order valence-corrected chi connectivity index (χ1v) is 3.83. The average Bonchev–Trinajstić information content (AvgIpc) is 1.78. The van der Waals surface area contributed by atoms with Crippen molar-refractivity contribution in [1.29, 1.82) is 0 Å². The summed E-state index contributed by atoms with van der Waals surface area (Å²) in [4.78, 5) is 0. The van der Waals surface area contributed by atoms with Gasteiger partial charge in [-0.05, 0) is 20.8 Å². The first-order chi connectivity index (χ1) is 5.13. The Bertz CT molecular complexity index is 134. The first kappa shape index (κ1) is 11.8. The number of alkyl halides is 3. The number of hydrogen-bond acceptors (Lipinski definition) is 1. The fraction of sp³-hybridized carbons (Fsp3) is 1.00. The molecule has 74 valence electrons. The van der Waals surface area contributed by atoms with Gasteiger partial charge in [0, 0.05) is 0 Å². The molecule has 0 amide bonds. The molecule has 0 aliphatic heterocycles. The lowest BCUT2D eigenvalue weighted by molar-refractivity contribution is -0.191. The van der Waals surface area contributed by atoms with E-state index in [2.05, 4.69) is 0 Å². The van der Waals surface area contributed by atoms with Crippen LogP contribution >= 0.6 is 0 Å². The summed E-state index contributed by atoms with van der Waals surface area (Å²) in [6, 6.07) is 0. The minimum Gasteiger partial charge on any atom is -0.375 e. The van der Waals surface area contributed by atoms with E-state index in [9.17, 15) is 13.2 Å². The van der Waals surface area contributed by atoms with Gasteiger partial charge in [0.15, 0.2) is 0 Å². The summed E-state index contributed by atoms with van der Waals surface area (Å²) in [7, 11) is 0. The molecule has 0 aromatic carbocycles. The standard InChI is InChI=1S/C8H15F3O/c1-6(8(9,10)11)5-12-7(2,3)4/h6H,5H2,1-4H3. The third-order valence-electron chi connectivity index (χ3n) is 1.33. The molecule has 0 heterocycles. The molecule has 1 atom stereocenters. The van der Waals surface area contributed by atoms with Crippen molar-refractivity contribution in [2.24, 2.45) is 5.92 Å². The van der Waals surface area contributed by atoms with Gasteiger partial charge in [0.05, 0.1) is 18.1 Å². The minimum atomic E-state index is -4.15. The topological polar surface area (TPSA) is 9.23 Å². The van der Waals surface area contributed by atoms with Gasteiger partial charge in [-0.3, -0.25) is 0 Å². The van der Waals surface area contributed by atoms with E-state index < -0.39 is 17.7 Å². The molecule has 0 saturated heterocycles. The van der Waals surface area contributed by atoms with Crippen LogP contribution in [-0.2, 0) is 4.74 Å². The fourth-order valence-electron chi connectivity index (χ4n) is 0.469. The smallest absolute Gasteiger partial charge is 0.375 e. The van der Waals surface area contributed by atoms with Gasteiger partial charge in [0.25, 0.3) is 0 Å². The molecule has 0 fully saturated rings. The maximum absolute atomic E-state index is 11.9. The van der Waals surface area contributed by atoms with Gasteiger partial charge in [-0.1, -0.05) is 6.92 Å². The van der Waals surface area contributed by atoms with Crippen LogP contribution in [0.3, 0.4) is 0 Å². The highest BCUT2D eigenvalue weighted by atomic mass is 19.4. The minimum absolute atomic E-state index is 0.271. The highest BCUT2D eigenvalue weighted by Crippen LogP contribution is 2.26. The Balaban J connectivity index is 3.80. The molecule has 0 N–H and O–H groups in total. The van der Waals surface area contributed by atoms with Gasteiger partial charge in [-0.15, -0.1) is 0 Å². The van der Waals surface area contributed by atoms with Crippen LogP contribution in [0.2, 0.25) is 0 Å². The van der Waals surface area contributed by atoms with E-state index in [4.69, 9.17) is 4.74 Å². The summed E-state index contributed by atoms with van der Waals surface area (Å²) in [5, 5.41) is 0. The molecule has 0 rings (SSSR count). The molecular formula is C8H15F3O. The highest BCUT2D eigenvalue weighted by molar-refractivity contribution is 4.65. The largest absolute Gasteiger partial charge is 0.393 e. The number of rotatable bonds is 2. The Labute approximate surface area is 70.9 Å². The molecule has 0 aromatic heterocycles. The Kier molecular flexibility index (Phi) is 3.57. The molecule has 0 aliphatic carbocycles. The van der Waals surface area contributed by atoms with E-state index in [1.165, 1.54) is 0 Å². The lowest BCUT2D eigenvalue weighted by atomic mass is 10.1.